The lowest BCUT2D eigenvalue weighted by molar-refractivity contribution is 0.980. The lowest BCUT2D eigenvalue weighted by Gasteiger charge is -2.03. The summed E-state index contributed by atoms with van der Waals surface area (Å²) < 4.78 is 0. The van der Waals surface area contributed by atoms with Gasteiger partial charge < -0.3 is 5.32 Å². The first kappa shape index (κ1) is 9.02. The average Bonchev–Trinajstić information content (AvgIpc) is 2.70. The van der Waals surface area contributed by atoms with Crippen LogP contribution in [0.5, 0.6) is 0 Å². The van der Waals surface area contributed by atoms with Gasteiger partial charge in [-0.1, -0.05) is 11.6 Å². The number of halogens is 1. The molecule has 0 radical (unpaired) electrons. The first-order chi connectivity index (χ1) is 6.84. The number of aromatic nitrogens is 3. The van der Waals surface area contributed by atoms with Crippen LogP contribution in [-0.4, -0.2) is 15.2 Å². The Morgan fingerprint density at radius 1 is 1.36 bits per heavy atom. The van der Waals surface area contributed by atoms with Crippen LogP contribution < -0.4 is 5.32 Å². The van der Waals surface area contributed by atoms with E-state index in [1.807, 2.05) is 12.1 Å². The molecule has 0 fully saturated rings. The van der Waals surface area contributed by atoms with Gasteiger partial charge in [0.1, 0.15) is 5.15 Å². The van der Waals surface area contributed by atoms with Crippen molar-refractivity contribution in [2.24, 2.45) is 0 Å². The lowest BCUT2D eigenvalue weighted by Crippen LogP contribution is -1.99. The molecule has 0 aliphatic rings. The van der Waals surface area contributed by atoms with Crippen LogP contribution in [0.4, 0.5) is 5.69 Å². The fourth-order valence-electron chi connectivity index (χ4n) is 1.06. The molecule has 14 heavy (non-hydrogen) atoms. The fourth-order valence-corrected chi connectivity index (χ4v) is 1.17. The Morgan fingerprint density at radius 3 is 2.93 bits per heavy atom. The van der Waals surface area contributed by atoms with E-state index in [9.17, 15) is 0 Å². The van der Waals surface area contributed by atoms with E-state index in [1.165, 1.54) is 0 Å². The van der Waals surface area contributed by atoms with Crippen molar-refractivity contribution < 1.29 is 0 Å². The maximum atomic E-state index is 5.66. The maximum Gasteiger partial charge on any atom is 0.129 e. The van der Waals surface area contributed by atoms with Gasteiger partial charge in [0.05, 0.1) is 24.1 Å². The number of rotatable bonds is 3. The largest absolute Gasteiger partial charge is 0.378 e. The highest BCUT2D eigenvalue weighted by Gasteiger charge is 1.95. The van der Waals surface area contributed by atoms with Crippen molar-refractivity contribution in [3.05, 3.63) is 41.4 Å². The molecule has 0 unspecified atom stereocenters. The molecule has 0 aliphatic carbocycles. The number of aromatic amines is 1. The van der Waals surface area contributed by atoms with Crippen molar-refractivity contribution in [1.82, 2.24) is 15.2 Å². The molecular weight excluding hydrogens is 200 g/mol. The second kappa shape index (κ2) is 4.11. The molecule has 5 heteroatoms. The maximum absolute atomic E-state index is 5.66. The number of H-pyrrole nitrogens is 1. The van der Waals surface area contributed by atoms with E-state index in [1.54, 1.807) is 18.5 Å². The molecule has 2 heterocycles. The highest BCUT2D eigenvalue weighted by Crippen LogP contribution is 2.10. The van der Waals surface area contributed by atoms with Crippen LogP contribution in [0, 0.1) is 0 Å². The summed E-state index contributed by atoms with van der Waals surface area (Å²) in [5, 5.41) is 10.4. The Balaban J connectivity index is 1.95. The van der Waals surface area contributed by atoms with Crippen molar-refractivity contribution in [3.8, 4) is 0 Å². The number of pyridine rings is 1. The third kappa shape index (κ3) is 2.23. The molecule has 0 aromatic carbocycles. The van der Waals surface area contributed by atoms with Crippen LogP contribution in [0.15, 0.2) is 30.6 Å². The molecule has 0 bridgehead atoms. The van der Waals surface area contributed by atoms with Crippen molar-refractivity contribution in [1.29, 1.82) is 0 Å². The van der Waals surface area contributed by atoms with Crippen LogP contribution in [-0.2, 0) is 6.54 Å². The Morgan fingerprint density at radius 2 is 2.29 bits per heavy atom. The van der Waals surface area contributed by atoms with Crippen molar-refractivity contribution >= 4 is 17.3 Å². The van der Waals surface area contributed by atoms with Gasteiger partial charge in [0.15, 0.2) is 0 Å². The number of anilines is 1. The molecule has 0 saturated carbocycles. The second-order valence-electron chi connectivity index (χ2n) is 2.81. The highest BCUT2D eigenvalue weighted by atomic mass is 35.5. The molecule has 0 spiro atoms. The minimum Gasteiger partial charge on any atom is -0.378 e. The Bertz CT molecular complexity index is 382. The standard InChI is InChI=1S/C9H9ClN4/c10-9-2-1-7(5-12-9)11-6-8-3-4-13-14-8/h1-5,11H,6H2,(H,13,14). The van der Waals surface area contributed by atoms with Crippen LogP contribution in [0.1, 0.15) is 5.69 Å². The third-order valence-corrected chi connectivity index (χ3v) is 1.99. The number of nitrogens with one attached hydrogen (secondary N) is 2. The van der Waals surface area contributed by atoms with Crippen molar-refractivity contribution in [2.45, 2.75) is 6.54 Å². The van der Waals surface area contributed by atoms with Crippen LogP contribution in [0.2, 0.25) is 5.15 Å². The zero-order valence-electron chi connectivity index (χ0n) is 7.37. The van der Waals surface area contributed by atoms with E-state index in [-0.39, 0.29) is 0 Å². The Labute approximate surface area is 86.3 Å². The average molecular weight is 209 g/mol. The summed E-state index contributed by atoms with van der Waals surface area (Å²) in [5.74, 6) is 0. The van der Waals surface area contributed by atoms with Gasteiger partial charge in [-0.15, -0.1) is 0 Å². The first-order valence-corrected chi connectivity index (χ1v) is 4.56. The molecule has 2 N–H and O–H groups in total. The van der Waals surface area contributed by atoms with E-state index in [0.29, 0.717) is 11.7 Å². The SMILES string of the molecule is Clc1ccc(NCc2ccn[nH]2)cn1. The van der Waals surface area contributed by atoms with Gasteiger partial charge in [-0.2, -0.15) is 5.10 Å². The summed E-state index contributed by atoms with van der Waals surface area (Å²) in [7, 11) is 0. The number of hydrogen-bond acceptors (Lipinski definition) is 3. The lowest BCUT2D eigenvalue weighted by atomic mass is 10.4. The van der Waals surface area contributed by atoms with Gasteiger partial charge in [0.2, 0.25) is 0 Å². The minimum absolute atomic E-state index is 0.497. The Hall–Kier alpha value is -1.55. The van der Waals surface area contributed by atoms with Crippen LogP contribution in [0.3, 0.4) is 0 Å². The van der Waals surface area contributed by atoms with Gasteiger partial charge >= 0.3 is 0 Å². The summed E-state index contributed by atoms with van der Waals surface area (Å²) >= 11 is 5.66. The third-order valence-electron chi connectivity index (χ3n) is 1.77. The molecule has 0 saturated heterocycles. The number of hydrogen-bond donors (Lipinski definition) is 2. The van der Waals surface area contributed by atoms with Crippen LogP contribution >= 0.6 is 11.6 Å². The quantitative estimate of drug-likeness (QED) is 0.760. The van der Waals surface area contributed by atoms with E-state index < -0.39 is 0 Å². The predicted octanol–water partition coefficient (Wildman–Crippen LogP) is 2.07. The van der Waals surface area contributed by atoms with Crippen molar-refractivity contribution in [3.63, 3.8) is 0 Å². The summed E-state index contributed by atoms with van der Waals surface area (Å²) in [5.41, 5.74) is 1.96. The van der Waals surface area contributed by atoms with E-state index in [0.717, 1.165) is 11.4 Å². The van der Waals surface area contributed by atoms with Gasteiger partial charge in [-0.25, -0.2) is 4.98 Å². The second-order valence-corrected chi connectivity index (χ2v) is 3.19. The molecule has 4 nitrogen and oxygen atoms in total. The summed E-state index contributed by atoms with van der Waals surface area (Å²) in [6.07, 6.45) is 3.41. The van der Waals surface area contributed by atoms with Gasteiger partial charge in [-0.3, -0.25) is 5.10 Å². The molecular formula is C9H9ClN4. The van der Waals surface area contributed by atoms with Crippen LogP contribution in [0.25, 0.3) is 0 Å². The fraction of sp³-hybridized carbons (Fsp3) is 0.111. The monoisotopic (exact) mass is 208 g/mol. The molecule has 2 rings (SSSR count). The molecule has 0 aliphatic heterocycles. The van der Waals surface area contributed by atoms with Gasteiger partial charge in [0, 0.05) is 6.20 Å². The van der Waals surface area contributed by atoms with E-state index in [4.69, 9.17) is 11.6 Å². The normalized spacial score (nSPS) is 10.1. The summed E-state index contributed by atoms with van der Waals surface area (Å²) in [4.78, 5) is 3.96. The summed E-state index contributed by atoms with van der Waals surface area (Å²) in [6, 6.07) is 5.54. The zero-order valence-corrected chi connectivity index (χ0v) is 8.12. The molecule has 2 aromatic rings. The topological polar surface area (TPSA) is 53.6 Å². The molecule has 72 valence electrons. The van der Waals surface area contributed by atoms with Gasteiger partial charge in [0.25, 0.3) is 0 Å². The molecule has 0 atom stereocenters. The molecule has 0 amide bonds. The summed E-state index contributed by atoms with van der Waals surface area (Å²) in [6.45, 7) is 0.698. The molecule has 2 aromatic heterocycles. The first-order valence-electron chi connectivity index (χ1n) is 4.18. The predicted molar refractivity (Wildman–Crippen MR) is 55.2 cm³/mol. The van der Waals surface area contributed by atoms with E-state index >= 15 is 0 Å². The van der Waals surface area contributed by atoms with Crippen molar-refractivity contribution in [2.75, 3.05) is 5.32 Å². The number of nitrogens with zero attached hydrogens (tertiary/aromatic N) is 2. The van der Waals surface area contributed by atoms with E-state index in [2.05, 4.69) is 20.5 Å². The zero-order chi connectivity index (χ0) is 9.80. The Kier molecular flexibility index (Phi) is 2.65. The van der Waals surface area contributed by atoms with Gasteiger partial charge in [-0.05, 0) is 18.2 Å². The smallest absolute Gasteiger partial charge is 0.129 e. The minimum atomic E-state index is 0.497. The highest BCUT2D eigenvalue weighted by molar-refractivity contribution is 6.29.